The van der Waals surface area contributed by atoms with E-state index in [-0.39, 0.29) is 35.0 Å². The van der Waals surface area contributed by atoms with Crippen LogP contribution in [0.3, 0.4) is 0 Å². The van der Waals surface area contributed by atoms with Crippen LogP contribution in [-0.2, 0) is 14.8 Å². The highest BCUT2D eigenvalue weighted by atomic mass is 32.2. The fourth-order valence-electron chi connectivity index (χ4n) is 3.23. The molecule has 2 aromatic carbocycles. The van der Waals surface area contributed by atoms with Gasteiger partial charge < -0.3 is 4.90 Å². The Kier molecular flexibility index (Phi) is 5.59. The summed E-state index contributed by atoms with van der Waals surface area (Å²) in [5, 5.41) is -0.367. The molecule has 8 nitrogen and oxygen atoms in total. The summed E-state index contributed by atoms with van der Waals surface area (Å²) in [5.41, 5.74) is 2.35. The van der Waals surface area contributed by atoms with E-state index in [1.807, 2.05) is 43.3 Å². The molecule has 0 spiro atoms. The van der Waals surface area contributed by atoms with Crippen molar-refractivity contribution in [2.45, 2.75) is 4.90 Å². The number of carbonyl (C=O) groups is 2. The maximum Gasteiger partial charge on any atom is 0.293 e. The van der Waals surface area contributed by atoms with E-state index in [1.165, 1.54) is 6.07 Å². The Morgan fingerprint density at radius 1 is 1.10 bits per heavy atom. The standard InChI is InChI=1S/C21H20N4O4S2/c1-24(2)15-9-7-14(8-10-15)13-17-20(26)25(21(27)30-17)12-11-22-19-16-5-3-4-6-18(16)31(28,29)23-19/h3-10,13H,11-12H2,1-2H3,(H,22,23). The smallest absolute Gasteiger partial charge is 0.293 e. The molecule has 0 radical (unpaired) electrons. The highest BCUT2D eigenvalue weighted by Crippen LogP contribution is 2.32. The van der Waals surface area contributed by atoms with Crippen LogP contribution in [0.1, 0.15) is 11.1 Å². The summed E-state index contributed by atoms with van der Waals surface area (Å²) in [4.78, 5) is 32.9. The van der Waals surface area contributed by atoms with Crippen molar-refractivity contribution in [2.75, 3.05) is 32.1 Å². The summed E-state index contributed by atoms with van der Waals surface area (Å²) in [5.74, 6) is -0.154. The second-order valence-corrected chi connectivity index (χ2v) is 9.80. The van der Waals surface area contributed by atoms with Gasteiger partial charge in [0.1, 0.15) is 5.84 Å². The molecule has 2 aliphatic rings. The molecule has 4 rings (SSSR count). The maximum atomic E-state index is 12.7. The van der Waals surface area contributed by atoms with Gasteiger partial charge in [-0.1, -0.05) is 24.3 Å². The molecule has 2 aromatic rings. The van der Waals surface area contributed by atoms with Gasteiger partial charge in [0.25, 0.3) is 21.2 Å². The van der Waals surface area contributed by atoms with Crippen molar-refractivity contribution >= 4 is 50.5 Å². The molecule has 0 aromatic heterocycles. The van der Waals surface area contributed by atoms with Gasteiger partial charge in [-0.3, -0.25) is 24.2 Å². The van der Waals surface area contributed by atoms with Crippen molar-refractivity contribution in [3.05, 3.63) is 64.6 Å². The normalized spacial score (nSPS) is 19.7. The molecule has 1 saturated heterocycles. The third kappa shape index (κ3) is 4.21. The van der Waals surface area contributed by atoms with Crippen LogP contribution in [0.5, 0.6) is 0 Å². The number of carbonyl (C=O) groups excluding carboxylic acids is 2. The van der Waals surface area contributed by atoms with Crippen molar-refractivity contribution < 1.29 is 18.0 Å². The van der Waals surface area contributed by atoms with Crippen LogP contribution in [-0.4, -0.2) is 57.5 Å². The Bertz CT molecular complexity index is 1220. The summed E-state index contributed by atoms with van der Waals surface area (Å²) >= 11 is 0.886. The first kappa shape index (κ1) is 21.1. The molecule has 1 fully saturated rings. The van der Waals surface area contributed by atoms with E-state index in [0.717, 1.165) is 27.9 Å². The monoisotopic (exact) mass is 456 g/mol. The topological polar surface area (TPSA) is 99.2 Å². The molecule has 31 heavy (non-hydrogen) atoms. The van der Waals surface area contributed by atoms with Gasteiger partial charge in [0.2, 0.25) is 0 Å². The Hall–Kier alpha value is -3.11. The number of aliphatic imine (C=N–C) groups is 1. The van der Waals surface area contributed by atoms with Crippen molar-refractivity contribution in [1.82, 2.24) is 9.62 Å². The summed E-state index contributed by atoms with van der Waals surface area (Å²) in [7, 11) is 0.264. The van der Waals surface area contributed by atoms with Gasteiger partial charge in [-0.2, -0.15) is 0 Å². The zero-order valence-electron chi connectivity index (χ0n) is 16.9. The van der Waals surface area contributed by atoms with E-state index in [0.29, 0.717) is 10.5 Å². The lowest BCUT2D eigenvalue weighted by atomic mass is 10.2. The maximum absolute atomic E-state index is 12.7. The SMILES string of the molecule is CN(C)c1ccc(C=C2SC(=O)N(CCN=C3NS(=O)(=O)c4ccccc43)C2=O)cc1. The van der Waals surface area contributed by atoms with E-state index >= 15 is 0 Å². The van der Waals surface area contributed by atoms with Crippen molar-refractivity contribution in [2.24, 2.45) is 4.99 Å². The number of fused-ring (bicyclic) bond motifs is 1. The Balaban J connectivity index is 1.45. The van der Waals surface area contributed by atoms with Gasteiger partial charge >= 0.3 is 0 Å². The average molecular weight is 457 g/mol. The van der Waals surface area contributed by atoms with Crippen LogP contribution < -0.4 is 9.62 Å². The molecular weight excluding hydrogens is 436 g/mol. The number of amides is 2. The quantitative estimate of drug-likeness (QED) is 0.694. The molecule has 2 aliphatic heterocycles. The lowest BCUT2D eigenvalue weighted by Gasteiger charge is -2.12. The molecule has 2 amide bonds. The van der Waals surface area contributed by atoms with E-state index in [4.69, 9.17) is 0 Å². The first-order valence-electron chi connectivity index (χ1n) is 9.46. The number of anilines is 1. The number of nitrogens with one attached hydrogen (secondary N) is 1. The Morgan fingerprint density at radius 2 is 1.81 bits per heavy atom. The van der Waals surface area contributed by atoms with Crippen molar-refractivity contribution in [3.8, 4) is 0 Å². The predicted octanol–water partition coefficient (Wildman–Crippen LogP) is 2.53. The van der Waals surface area contributed by atoms with E-state index in [1.54, 1.807) is 24.3 Å². The van der Waals surface area contributed by atoms with Crippen molar-refractivity contribution in [3.63, 3.8) is 0 Å². The largest absolute Gasteiger partial charge is 0.378 e. The van der Waals surface area contributed by atoms with Gasteiger partial charge in [0, 0.05) is 31.9 Å². The molecular formula is C21H20N4O4S2. The lowest BCUT2D eigenvalue weighted by molar-refractivity contribution is -0.122. The van der Waals surface area contributed by atoms with E-state index < -0.39 is 10.0 Å². The summed E-state index contributed by atoms with van der Waals surface area (Å²) in [6.45, 7) is 0.157. The first-order valence-corrected chi connectivity index (χ1v) is 11.8. The first-order chi connectivity index (χ1) is 14.8. The Morgan fingerprint density at radius 3 is 2.52 bits per heavy atom. The second kappa shape index (κ2) is 8.20. The number of benzene rings is 2. The number of hydrogen-bond acceptors (Lipinski definition) is 7. The number of hydrogen-bond donors (Lipinski definition) is 1. The highest BCUT2D eigenvalue weighted by molar-refractivity contribution is 8.18. The van der Waals surface area contributed by atoms with Gasteiger partial charge in [0.15, 0.2) is 0 Å². The van der Waals surface area contributed by atoms with Crippen LogP contribution in [0.15, 0.2) is 63.3 Å². The lowest BCUT2D eigenvalue weighted by Crippen LogP contribution is -2.31. The zero-order valence-corrected chi connectivity index (χ0v) is 18.5. The molecule has 0 atom stereocenters. The summed E-state index contributed by atoms with van der Waals surface area (Å²) < 4.78 is 26.7. The predicted molar refractivity (Wildman–Crippen MR) is 122 cm³/mol. The minimum absolute atomic E-state index is 0.0645. The van der Waals surface area contributed by atoms with E-state index in [2.05, 4.69) is 9.71 Å². The molecule has 1 N–H and O–H groups in total. The minimum atomic E-state index is -3.62. The third-order valence-electron chi connectivity index (χ3n) is 4.84. The van der Waals surface area contributed by atoms with E-state index in [9.17, 15) is 18.0 Å². The molecule has 10 heteroatoms. The second-order valence-electron chi connectivity index (χ2n) is 7.15. The minimum Gasteiger partial charge on any atom is -0.378 e. The Labute approximate surface area is 184 Å². The fourth-order valence-corrected chi connectivity index (χ4v) is 5.34. The number of thioether (sulfide) groups is 1. The molecule has 0 unspecified atom stereocenters. The highest BCUT2D eigenvalue weighted by Gasteiger charge is 2.35. The number of imide groups is 1. The summed E-state index contributed by atoms with van der Waals surface area (Å²) in [6.07, 6.45) is 1.69. The number of nitrogens with zero attached hydrogens (tertiary/aromatic N) is 3. The molecule has 2 heterocycles. The molecule has 0 saturated carbocycles. The van der Waals surface area contributed by atoms with Crippen LogP contribution in [0.2, 0.25) is 0 Å². The number of rotatable bonds is 5. The van der Waals surface area contributed by atoms with Crippen LogP contribution in [0.25, 0.3) is 6.08 Å². The third-order valence-corrected chi connectivity index (χ3v) is 7.14. The molecule has 0 bridgehead atoms. The van der Waals surface area contributed by atoms with Gasteiger partial charge in [-0.15, -0.1) is 0 Å². The van der Waals surface area contributed by atoms with Crippen LogP contribution in [0.4, 0.5) is 10.5 Å². The number of amidine groups is 1. The van der Waals surface area contributed by atoms with Crippen molar-refractivity contribution in [1.29, 1.82) is 0 Å². The average Bonchev–Trinajstić information content (AvgIpc) is 3.15. The number of sulfonamides is 1. The van der Waals surface area contributed by atoms with Crippen LogP contribution in [0, 0.1) is 0 Å². The van der Waals surface area contributed by atoms with Gasteiger partial charge in [-0.25, -0.2) is 8.42 Å². The zero-order chi connectivity index (χ0) is 22.2. The summed E-state index contributed by atoms with van der Waals surface area (Å²) in [6, 6.07) is 14.2. The molecule has 160 valence electrons. The molecule has 0 aliphatic carbocycles. The van der Waals surface area contributed by atoms with Gasteiger partial charge in [0.05, 0.1) is 16.3 Å². The van der Waals surface area contributed by atoms with Gasteiger partial charge in [-0.05, 0) is 47.7 Å². The van der Waals surface area contributed by atoms with Crippen LogP contribution >= 0.6 is 11.8 Å². The fraction of sp³-hybridized carbons (Fsp3) is 0.190.